The van der Waals surface area contributed by atoms with Gasteiger partial charge in [0, 0.05) is 18.2 Å². The van der Waals surface area contributed by atoms with Gasteiger partial charge in [-0.25, -0.2) is 4.39 Å². The lowest BCUT2D eigenvalue weighted by molar-refractivity contribution is 0.00772. The van der Waals surface area contributed by atoms with E-state index < -0.39 is 0 Å². The second-order valence-corrected chi connectivity index (χ2v) is 5.50. The van der Waals surface area contributed by atoms with E-state index in [1.807, 2.05) is 20.9 Å². The Labute approximate surface area is 113 Å². The van der Waals surface area contributed by atoms with Crippen molar-refractivity contribution in [2.24, 2.45) is 0 Å². The molecule has 4 heteroatoms. The molecule has 1 rings (SSSR count). The summed E-state index contributed by atoms with van der Waals surface area (Å²) in [4.78, 5) is 0. The molecule has 0 bridgehead atoms. The van der Waals surface area contributed by atoms with Crippen LogP contribution in [0.2, 0.25) is 5.02 Å². The summed E-state index contributed by atoms with van der Waals surface area (Å²) in [6, 6.07) is 4.77. The van der Waals surface area contributed by atoms with Crippen molar-refractivity contribution in [1.82, 2.24) is 5.32 Å². The molecule has 2 nitrogen and oxygen atoms in total. The SMILES string of the molecule is CNC(Cc1ccc(F)cc1Cl)CC(C)(C)OC. The van der Waals surface area contributed by atoms with Gasteiger partial charge in [0.25, 0.3) is 0 Å². The first-order valence-corrected chi connectivity index (χ1v) is 6.42. The molecule has 0 aliphatic rings. The van der Waals surface area contributed by atoms with Crippen molar-refractivity contribution in [3.05, 3.63) is 34.6 Å². The molecule has 0 aliphatic heterocycles. The van der Waals surface area contributed by atoms with Crippen LogP contribution >= 0.6 is 11.6 Å². The van der Waals surface area contributed by atoms with Gasteiger partial charge in [-0.1, -0.05) is 17.7 Å². The zero-order chi connectivity index (χ0) is 13.8. The maximum absolute atomic E-state index is 13.0. The zero-order valence-electron chi connectivity index (χ0n) is 11.4. The Kier molecular flexibility index (Phi) is 5.57. The third-order valence-electron chi connectivity index (χ3n) is 3.18. The quantitative estimate of drug-likeness (QED) is 0.857. The van der Waals surface area contributed by atoms with Gasteiger partial charge >= 0.3 is 0 Å². The number of ether oxygens (including phenoxy) is 1. The minimum absolute atomic E-state index is 0.194. The third kappa shape index (κ3) is 4.56. The Hall–Kier alpha value is -0.640. The van der Waals surface area contributed by atoms with Crippen LogP contribution in [0.3, 0.4) is 0 Å². The van der Waals surface area contributed by atoms with Gasteiger partial charge in [0.05, 0.1) is 5.60 Å². The molecule has 0 amide bonds. The first-order chi connectivity index (χ1) is 8.38. The Morgan fingerprint density at radius 3 is 2.61 bits per heavy atom. The average molecular weight is 274 g/mol. The molecular weight excluding hydrogens is 253 g/mol. The number of halogens is 2. The van der Waals surface area contributed by atoms with E-state index in [-0.39, 0.29) is 17.5 Å². The van der Waals surface area contributed by atoms with Crippen molar-refractivity contribution in [2.45, 2.75) is 38.3 Å². The summed E-state index contributed by atoms with van der Waals surface area (Å²) in [5.41, 5.74) is 0.754. The van der Waals surface area contributed by atoms with E-state index >= 15 is 0 Å². The van der Waals surface area contributed by atoms with Crippen LogP contribution in [0.1, 0.15) is 25.8 Å². The number of methoxy groups -OCH3 is 1. The van der Waals surface area contributed by atoms with E-state index in [2.05, 4.69) is 5.32 Å². The smallest absolute Gasteiger partial charge is 0.124 e. The Balaban J connectivity index is 2.74. The van der Waals surface area contributed by atoms with Crippen molar-refractivity contribution in [3.63, 3.8) is 0 Å². The molecule has 18 heavy (non-hydrogen) atoms. The molecule has 0 heterocycles. The predicted molar refractivity (Wildman–Crippen MR) is 73.7 cm³/mol. The predicted octanol–water partition coefficient (Wildman–Crippen LogP) is 3.42. The molecule has 1 atom stereocenters. The van der Waals surface area contributed by atoms with Gasteiger partial charge in [-0.2, -0.15) is 0 Å². The maximum atomic E-state index is 13.0. The van der Waals surface area contributed by atoms with E-state index in [9.17, 15) is 4.39 Å². The van der Waals surface area contributed by atoms with Gasteiger partial charge in [-0.3, -0.25) is 0 Å². The molecule has 0 aromatic heterocycles. The van der Waals surface area contributed by atoms with Gasteiger partial charge < -0.3 is 10.1 Å². The molecule has 0 saturated carbocycles. The summed E-state index contributed by atoms with van der Waals surface area (Å²) in [5, 5.41) is 3.73. The summed E-state index contributed by atoms with van der Waals surface area (Å²) in [5.74, 6) is -0.304. The number of nitrogens with one attached hydrogen (secondary N) is 1. The summed E-state index contributed by atoms with van der Waals surface area (Å²) >= 11 is 6.04. The molecule has 1 N–H and O–H groups in total. The molecule has 0 saturated heterocycles. The van der Waals surface area contributed by atoms with Gasteiger partial charge in [0.2, 0.25) is 0 Å². The van der Waals surface area contributed by atoms with E-state index in [4.69, 9.17) is 16.3 Å². The largest absolute Gasteiger partial charge is 0.379 e. The fraction of sp³-hybridized carbons (Fsp3) is 0.571. The van der Waals surface area contributed by atoms with Crippen molar-refractivity contribution >= 4 is 11.6 Å². The van der Waals surface area contributed by atoms with Gasteiger partial charge in [0.1, 0.15) is 5.82 Å². The van der Waals surface area contributed by atoms with Crippen LogP contribution in [-0.4, -0.2) is 25.8 Å². The maximum Gasteiger partial charge on any atom is 0.124 e. The fourth-order valence-electron chi connectivity index (χ4n) is 1.91. The third-order valence-corrected chi connectivity index (χ3v) is 3.53. The monoisotopic (exact) mass is 273 g/mol. The van der Waals surface area contributed by atoms with E-state index in [1.54, 1.807) is 13.2 Å². The second-order valence-electron chi connectivity index (χ2n) is 5.09. The Morgan fingerprint density at radius 2 is 2.11 bits per heavy atom. The number of hydrogen-bond donors (Lipinski definition) is 1. The highest BCUT2D eigenvalue weighted by molar-refractivity contribution is 6.31. The highest BCUT2D eigenvalue weighted by Gasteiger charge is 2.22. The normalized spacial score (nSPS) is 13.7. The molecule has 1 aromatic rings. The van der Waals surface area contributed by atoms with Gasteiger partial charge in [-0.05, 0) is 51.4 Å². The van der Waals surface area contributed by atoms with Gasteiger partial charge in [0.15, 0.2) is 0 Å². The van der Waals surface area contributed by atoms with Crippen LogP contribution in [0.4, 0.5) is 4.39 Å². The highest BCUT2D eigenvalue weighted by atomic mass is 35.5. The van der Waals surface area contributed by atoms with Crippen molar-refractivity contribution in [2.75, 3.05) is 14.2 Å². The summed E-state index contributed by atoms with van der Waals surface area (Å²) in [6.45, 7) is 4.09. The van der Waals surface area contributed by atoms with Crippen molar-refractivity contribution in [3.8, 4) is 0 Å². The molecule has 1 aromatic carbocycles. The summed E-state index contributed by atoms with van der Waals surface area (Å²) < 4.78 is 18.4. The van der Waals surface area contributed by atoms with Crippen LogP contribution in [0, 0.1) is 5.82 Å². The Bertz CT molecular complexity index is 395. The van der Waals surface area contributed by atoms with Gasteiger partial charge in [-0.15, -0.1) is 0 Å². The van der Waals surface area contributed by atoms with E-state index in [0.717, 1.165) is 18.4 Å². The lowest BCUT2D eigenvalue weighted by atomic mass is 9.94. The summed E-state index contributed by atoms with van der Waals surface area (Å²) in [7, 11) is 3.62. The lowest BCUT2D eigenvalue weighted by Crippen LogP contribution is -2.37. The van der Waals surface area contributed by atoms with E-state index in [0.29, 0.717) is 5.02 Å². The first-order valence-electron chi connectivity index (χ1n) is 6.04. The zero-order valence-corrected chi connectivity index (χ0v) is 12.1. The minimum atomic E-state index is -0.304. The molecule has 0 radical (unpaired) electrons. The van der Waals surface area contributed by atoms with Crippen LogP contribution in [0.5, 0.6) is 0 Å². The Morgan fingerprint density at radius 1 is 1.44 bits per heavy atom. The highest BCUT2D eigenvalue weighted by Crippen LogP contribution is 2.22. The van der Waals surface area contributed by atoms with Crippen LogP contribution in [0.25, 0.3) is 0 Å². The molecule has 1 unspecified atom stereocenters. The molecule has 0 spiro atoms. The standard InChI is InChI=1S/C14H21ClFNO/c1-14(2,18-4)9-12(17-3)7-10-5-6-11(16)8-13(10)15/h5-6,8,12,17H,7,9H2,1-4H3. The number of likely N-dealkylation sites (N-methyl/N-ethyl adjacent to an activating group) is 1. The van der Waals surface area contributed by atoms with Crippen LogP contribution < -0.4 is 5.32 Å². The number of rotatable bonds is 6. The first kappa shape index (κ1) is 15.4. The number of benzene rings is 1. The second kappa shape index (κ2) is 6.50. The van der Waals surface area contributed by atoms with Crippen molar-refractivity contribution in [1.29, 1.82) is 0 Å². The minimum Gasteiger partial charge on any atom is -0.379 e. The average Bonchev–Trinajstić information content (AvgIpc) is 2.31. The molecular formula is C14H21ClFNO. The molecule has 0 fully saturated rings. The molecule has 0 aliphatic carbocycles. The summed E-state index contributed by atoms with van der Waals surface area (Å²) in [6.07, 6.45) is 1.61. The van der Waals surface area contributed by atoms with E-state index in [1.165, 1.54) is 12.1 Å². The van der Waals surface area contributed by atoms with Crippen LogP contribution in [0.15, 0.2) is 18.2 Å². The topological polar surface area (TPSA) is 21.3 Å². The van der Waals surface area contributed by atoms with Crippen molar-refractivity contribution < 1.29 is 9.13 Å². The number of hydrogen-bond acceptors (Lipinski definition) is 2. The lowest BCUT2D eigenvalue weighted by Gasteiger charge is -2.28. The van der Waals surface area contributed by atoms with Crippen LogP contribution in [-0.2, 0) is 11.2 Å². The molecule has 102 valence electrons. The fourth-order valence-corrected chi connectivity index (χ4v) is 2.15.